The van der Waals surface area contributed by atoms with Crippen LogP contribution in [0.4, 0.5) is 13.2 Å². The van der Waals surface area contributed by atoms with Gasteiger partial charge in [0.05, 0.1) is 11.8 Å². The van der Waals surface area contributed by atoms with Crippen molar-refractivity contribution in [2.45, 2.75) is 50.2 Å². The third kappa shape index (κ3) is 6.52. The molecule has 0 unspecified atom stereocenters. The van der Waals surface area contributed by atoms with E-state index < -0.39 is 38.8 Å². The highest BCUT2D eigenvalue weighted by molar-refractivity contribution is 7.89. The molecule has 2 fully saturated rings. The van der Waals surface area contributed by atoms with E-state index in [0.717, 1.165) is 25.2 Å². The first-order chi connectivity index (χ1) is 16.8. The molecule has 11 heteroatoms. The Balaban J connectivity index is 1.42. The maximum absolute atomic E-state index is 15.6. The number of likely N-dealkylation sites (tertiary alicyclic amines) is 1. The summed E-state index contributed by atoms with van der Waals surface area (Å²) in [5.74, 6) is -2.23. The molecule has 36 heavy (non-hydrogen) atoms. The summed E-state index contributed by atoms with van der Waals surface area (Å²) in [5.41, 5.74) is -0.761. The van der Waals surface area contributed by atoms with Crippen molar-refractivity contribution in [3.63, 3.8) is 0 Å². The quantitative estimate of drug-likeness (QED) is 0.499. The lowest BCUT2D eigenvalue weighted by atomic mass is 9.92. The number of benzene rings is 2. The van der Waals surface area contributed by atoms with Crippen molar-refractivity contribution in [3.05, 3.63) is 63.7 Å². The molecule has 1 amide bonds. The Morgan fingerprint density at radius 1 is 1.19 bits per heavy atom. The lowest BCUT2D eigenvalue weighted by Crippen LogP contribution is -2.45. The van der Waals surface area contributed by atoms with Crippen molar-refractivity contribution in [1.29, 1.82) is 0 Å². The average Bonchev–Trinajstić information content (AvgIpc) is 3.61. The van der Waals surface area contributed by atoms with Crippen molar-refractivity contribution >= 4 is 27.5 Å². The Kier molecular flexibility index (Phi) is 7.60. The predicted octanol–water partition coefficient (Wildman–Crippen LogP) is 5.13. The molecule has 0 bridgehead atoms. The molecule has 1 aliphatic heterocycles. The summed E-state index contributed by atoms with van der Waals surface area (Å²) >= 11 is 5.97. The molecule has 6 nitrogen and oxygen atoms in total. The van der Waals surface area contributed by atoms with Crippen LogP contribution in [0.1, 0.15) is 66.1 Å². The van der Waals surface area contributed by atoms with E-state index in [1.165, 1.54) is 18.2 Å². The summed E-state index contributed by atoms with van der Waals surface area (Å²) in [5, 5.41) is 0.306. The van der Waals surface area contributed by atoms with Crippen LogP contribution < -0.4 is 9.46 Å². The molecule has 2 aromatic carbocycles. The summed E-state index contributed by atoms with van der Waals surface area (Å²) in [6.07, 6.45) is 2.79. The second kappa shape index (κ2) is 10.2. The number of hydrogen-bond acceptors (Lipinski definition) is 5. The lowest BCUT2D eigenvalue weighted by Gasteiger charge is -2.39. The number of ether oxygens (including phenoxy) is 1. The van der Waals surface area contributed by atoms with Gasteiger partial charge in [-0.3, -0.25) is 9.69 Å². The molecule has 2 aromatic rings. The highest BCUT2D eigenvalue weighted by atomic mass is 35.5. The maximum atomic E-state index is 15.6. The van der Waals surface area contributed by atoms with Gasteiger partial charge in [-0.1, -0.05) is 11.6 Å². The third-order valence-electron chi connectivity index (χ3n) is 6.73. The van der Waals surface area contributed by atoms with E-state index in [-0.39, 0.29) is 37.2 Å². The van der Waals surface area contributed by atoms with Crippen molar-refractivity contribution in [1.82, 2.24) is 9.62 Å². The second-order valence-electron chi connectivity index (χ2n) is 9.70. The molecule has 4 rings (SSSR count). The molecule has 1 saturated heterocycles. The monoisotopic (exact) mass is 544 g/mol. The summed E-state index contributed by atoms with van der Waals surface area (Å²) in [6, 6.07) is 6.53. The first kappa shape index (κ1) is 26.8. The van der Waals surface area contributed by atoms with E-state index in [1.54, 1.807) is 10.8 Å². The fourth-order valence-corrected chi connectivity index (χ4v) is 5.18. The van der Waals surface area contributed by atoms with Crippen molar-refractivity contribution in [3.8, 4) is 5.75 Å². The SMILES string of the molecule is C[C@@H](c1cc(F)cc(Cl)c1)N1CCC(F)(COc2cc(F)c(C(=O)NS(C)(=O)=O)cc2C2CC2)CC1. The number of rotatable bonds is 8. The van der Waals surface area contributed by atoms with Crippen LogP contribution in [0, 0.1) is 11.6 Å². The molecular formula is C25H28ClF3N2O4S. The zero-order chi connectivity index (χ0) is 26.3. The van der Waals surface area contributed by atoms with Crippen LogP contribution in [0.15, 0.2) is 30.3 Å². The lowest BCUT2D eigenvalue weighted by molar-refractivity contribution is 0.00611. The van der Waals surface area contributed by atoms with Crippen LogP contribution in [-0.2, 0) is 10.0 Å². The molecule has 196 valence electrons. The number of carbonyl (C=O) groups excluding carboxylic acids is 1. The molecule has 1 aliphatic carbocycles. The molecule has 1 atom stereocenters. The minimum atomic E-state index is -3.86. The number of alkyl halides is 1. The van der Waals surface area contributed by atoms with Gasteiger partial charge in [0.15, 0.2) is 0 Å². The van der Waals surface area contributed by atoms with E-state index in [9.17, 15) is 22.0 Å². The van der Waals surface area contributed by atoms with E-state index in [1.807, 2.05) is 11.8 Å². The average molecular weight is 545 g/mol. The van der Waals surface area contributed by atoms with Crippen molar-refractivity contribution in [2.24, 2.45) is 0 Å². The minimum absolute atomic E-state index is 0.0433. The largest absolute Gasteiger partial charge is 0.490 e. The van der Waals surface area contributed by atoms with Crippen molar-refractivity contribution < 1.29 is 31.1 Å². The second-order valence-corrected chi connectivity index (χ2v) is 11.9. The van der Waals surface area contributed by atoms with Gasteiger partial charge in [0, 0.05) is 30.2 Å². The highest BCUT2D eigenvalue weighted by Gasteiger charge is 2.38. The Morgan fingerprint density at radius 3 is 2.44 bits per heavy atom. The maximum Gasteiger partial charge on any atom is 0.267 e. The fourth-order valence-electron chi connectivity index (χ4n) is 4.50. The number of halogens is 4. The number of carbonyl (C=O) groups is 1. The number of nitrogens with one attached hydrogen (secondary N) is 1. The predicted molar refractivity (Wildman–Crippen MR) is 131 cm³/mol. The molecule has 0 aromatic heterocycles. The minimum Gasteiger partial charge on any atom is -0.490 e. The first-order valence-electron chi connectivity index (χ1n) is 11.7. The van der Waals surface area contributed by atoms with Gasteiger partial charge in [-0.2, -0.15) is 0 Å². The number of amides is 1. The molecule has 2 aliphatic rings. The van der Waals surface area contributed by atoms with Gasteiger partial charge < -0.3 is 4.74 Å². The Bertz CT molecular complexity index is 1240. The van der Waals surface area contributed by atoms with Crippen LogP contribution in [0.3, 0.4) is 0 Å². The Morgan fingerprint density at radius 2 is 1.86 bits per heavy atom. The number of nitrogens with zero attached hydrogens (tertiary/aromatic N) is 1. The van der Waals surface area contributed by atoms with Gasteiger partial charge in [0.1, 0.15) is 29.7 Å². The Hall–Kier alpha value is -2.30. The number of piperidine rings is 1. The topological polar surface area (TPSA) is 75.7 Å². The van der Waals surface area contributed by atoms with Crippen LogP contribution >= 0.6 is 11.6 Å². The summed E-state index contributed by atoms with van der Waals surface area (Å²) in [4.78, 5) is 14.3. The molecular weight excluding hydrogens is 517 g/mol. The molecule has 1 heterocycles. The normalized spacial score (nSPS) is 19.1. The van der Waals surface area contributed by atoms with Crippen LogP contribution in [0.25, 0.3) is 0 Å². The standard InChI is InChI=1S/C25H28ClF3N2O4S/c1-15(17-9-18(26)11-19(27)10-17)31-7-5-25(29,6-8-31)14-35-23-13-22(28)21(12-20(23)16-3-4-16)24(32)30-36(2,33)34/h9-13,15-16H,3-8,14H2,1-2H3,(H,30,32)/t15-/m0/s1. The summed E-state index contributed by atoms with van der Waals surface area (Å²) < 4.78 is 74.3. The zero-order valence-electron chi connectivity index (χ0n) is 20.0. The first-order valence-corrected chi connectivity index (χ1v) is 14.0. The van der Waals surface area contributed by atoms with E-state index >= 15 is 4.39 Å². The smallest absolute Gasteiger partial charge is 0.267 e. The van der Waals surface area contributed by atoms with E-state index in [4.69, 9.17) is 16.3 Å². The van der Waals surface area contributed by atoms with Crippen LogP contribution in [0.2, 0.25) is 5.02 Å². The molecule has 0 radical (unpaired) electrons. The van der Waals surface area contributed by atoms with Gasteiger partial charge in [0.2, 0.25) is 10.0 Å². The fraction of sp³-hybridized carbons (Fsp3) is 0.480. The van der Waals surface area contributed by atoms with Crippen molar-refractivity contribution in [2.75, 3.05) is 26.0 Å². The molecule has 0 spiro atoms. The van der Waals surface area contributed by atoms with E-state index in [0.29, 0.717) is 29.2 Å². The van der Waals surface area contributed by atoms with Gasteiger partial charge in [0.25, 0.3) is 5.91 Å². The summed E-state index contributed by atoms with van der Waals surface area (Å²) in [6.45, 7) is 2.47. The van der Waals surface area contributed by atoms with Crippen LogP contribution in [0.5, 0.6) is 5.75 Å². The molecule has 1 saturated carbocycles. The number of sulfonamides is 1. The van der Waals surface area contributed by atoms with Gasteiger partial charge in [-0.15, -0.1) is 0 Å². The zero-order valence-corrected chi connectivity index (χ0v) is 21.6. The third-order valence-corrected chi connectivity index (χ3v) is 7.51. The Labute approximate surface area is 213 Å². The van der Waals surface area contributed by atoms with Crippen LogP contribution in [-0.4, -0.2) is 50.8 Å². The van der Waals surface area contributed by atoms with Gasteiger partial charge >= 0.3 is 0 Å². The highest BCUT2D eigenvalue weighted by Crippen LogP contribution is 2.45. The summed E-state index contributed by atoms with van der Waals surface area (Å²) in [7, 11) is -3.86. The van der Waals surface area contributed by atoms with Gasteiger partial charge in [-0.05, 0) is 73.9 Å². The van der Waals surface area contributed by atoms with Gasteiger partial charge in [-0.25, -0.2) is 26.3 Å². The molecule has 1 N–H and O–H groups in total. The van der Waals surface area contributed by atoms with E-state index in [2.05, 4.69) is 0 Å². The number of hydrogen-bond donors (Lipinski definition) is 1.